The number of halogens is 2. The summed E-state index contributed by atoms with van der Waals surface area (Å²) in [6.45, 7) is 0.656. The molecule has 1 unspecified atom stereocenters. The van der Waals surface area contributed by atoms with Crippen LogP contribution in [0.2, 0.25) is 5.02 Å². The summed E-state index contributed by atoms with van der Waals surface area (Å²) in [7, 11) is 0. The van der Waals surface area contributed by atoms with E-state index < -0.39 is 0 Å². The molecule has 0 amide bonds. The molecule has 1 saturated carbocycles. The van der Waals surface area contributed by atoms with Crippen molar-refractivity contribution in [3.05, 3.63) is 70.5 Å². The van der Waals surface area contributed by atoms with Crippen LogP contribution in [0, 0.1) is 5.82 Å². The van der Waals surface area contributed by atoms with Crippen LogP contribution in [0.25, 0.3) is 0 Å². The van der Waals surface area contributed by atoms with Crippen LogP contribution >= 0.6 is 11.6 Å². The first kappa shape index (κ1) is 12.4. The minimum Gasteiger partial charge on any atom is -0.364 e. The van der Waals surface area contributed by atoms with Crippen molar-refractivity contribution in [1.82, 2.24) is 0 Å². The highest BCUT2D eigenvalue weighted by Gasteiger charge is 2.69. The van der Waals surface area contributed by atoms with Crippen molar-refractivity contribution in [3.63, 3.8) is 0 Å². The molecule has 2 aromatic rings. The van der Waals surface area contributed by atoms with Crippen LogP contribution in [0.4, 0.5) is 4.39 Å². The largest absolute Gasteiger partial charge is 0.364 e. The van der Waals surface area contributed by atoms with E-state index in [0.717, 1.165) is 24.0 Å². The third-order valence-corrected chi connectivity index (χ3v) is 4.91. The van der Waals surface area contributed by atoms with Gasteiger partial charge in [-0.15, -0.1) is 0 Å². The third kappa shape index (κ3) is 1.58. The molecule has 0 spiro atoms. The molecular formula is C17H14ClFO. The Balaban J connectivity index is 1.80. The number of rotatable bonds is 3. The van der Waals surface area contributed by atoms with Crippen LogP contribution in [-0.4, -0.2) is 6.61 Å². The fourth-order valence-electron chi connectivity index (χ4n) is 3.38. The number of hydrogen-bond acceptors (Lipinski definition) is 1. The van der Waals surface area contributed by atoms with E-state index in [1.54, 1.807) is 6.07 Å². The first-order valence-electron chi connectivity index (χ1n) is 6.83. The zero-order chi connectivity index (χ0) is 13.8. The highest BCUT2D eigenvalue weighted by atomic mass is 35.5. The van der Waals surface area contributed by atoms with Gasteiger partial charge in [-0.2, -0.15) is 0 Å². The number of hydrogen-bond donors (Lipinski definition) is 0. The summed E-state index contributed by atoms with van der Waals surface area (Å²) < 4.78 is 20.0. The second-order valence-corrected chi connectivity index (χ2v) is 6.12. The molecule has 0 radical (unpaired) electrons. The molecule has 2 aliphatic rings. The lowest BCUT2D eigenvalue weighted by Gasteiger charge is -2.25. The van der Waals surface area contributed by atoms with Crippen molar-refractivity contribution in [2.24, 2.45) is 0 Å². The number of benzene rings is 2. The van der Waals surface area contributed by atoms with Crippen molar-refractivity contribution in [1.29, 1.82) is 0 Å². The second kappa shape index (κ2) is 4.06. The van der Waals surface area contributed by atoms with E-state index in [-0.39, 0.29) is 16.8 Å². The van der Waals surface area contributed by atoms with Gasteiger partial charge in [0.25, 0.3) is 0 Å². The minimum atomic E-state index is -0.361. The number of epoxide rings is 1. The summed E-state index contributed by atoms with van der Waals surface area (Å²) in [5.41, 5.74) is 1.32. The van der Waals surface area contributed by atoms with E-state index in [1.165, 1.54) is 6.07 Å². The van der Waals surface area contributed by atoms with Gasteiger partial charge >= 0.3 is 0 Å². The Morgan fingerprint density at radius 2 is 1.65 bits per heavy atom. The summed E-state index contributed by atoms with van der Waals surface area (Å²) in [6.07, 6.45) is 1.94. The molecule has 1 atom stereocenters. The Morgan fingerprint density at radius 1 is 1.00 bits per heavy atom. The molecule has 3 heteroatoms. The number of ether oxygens (including phenoxy) is 1. The Labute approximate surface area is 122 Å². The highest BCUT2D eigenvalue weighted by Crippen LogP contribution is 2.67. The third-order valence-electron chi connectivity index (χ3n) is 4.66. The molecule has 4 rings (SSSR count). The Bertz CT molecular complexity index is 657. The fraction of sp³-hybridized carbons (Fsp3) is 0.294. The molecule has 2 aromatic carbocycles. The molecule has 1 nitrogen and oxygen atoms in total. The Hall–Kier alpha value is -1.38. The smallest absolute Gasteiger partial charge is 0.127 e. The van der Waals surface area contributed by atoms with Gasteiger partial charge in [-0.3, -0.25) is 0 Å². The van der Waals surface area contributed by atoms with E-state index in [1.807, 2.05) is 36.4 Å². The van der Waals surface area contributed by atoms with Crippen molar-refractivity contribution >= 4 is 11.6 Å². The van der Waals surface area contributed by atoms with Gasteiger partial charge in [0.05, 0.1) is 6.61 Å². The van der Waals surface area contributed by atoms with Gasteiger partial charge in [-0.05, 0) is 42.2 Å². The van der Waals surface area contributed by atoms with Gasteiger partial charge in [-0.1, -0.05) is 41.9 Å². The van der Waals surface area contributed by atoms with Crippen molar-refractivity contribution in [2.75, 3.05) is 6.61 Å². The van der Waals surface area contributed by atoms with Gasteiger partial charge in [0.1, 0.15) is 11.4 Å². The SMILES string of the molecule is Fc1ccccc1C1(C2(c3ccc(Cl)cc3)CO2)CC1. The van der Waals surface area contributed by atoms with Crippen molar-refractivity contribution in [2.45, 2.75) is 23.9 Å². The summed E-state index contributed by atoms with van der Waals surface area (Å²) in [5, 5.41) is 0.709. The summed E-state index contributed by atoms with van der Waals surface area (Å²) in [5.74, 6) is -0.131. The lowest BCUT2D eigenvalue weighted by atomic mass is 9.78. The first-order chi connectivity index (χ1) is 9.68. The quantitative estimate of drug-likeness (QED) is 0.761. The average molecular weight is 289 g/mol. The molecule has 0 aromatic heterocycles. The maximum absolute atomic E-state index is 14.2. The van der Waals surface area contributed by atoms with Crippen LogP contribution in [0.1, 0.15) is 24.0 Å². The van der Waals surface area contributed by atoms with E-state index in [0.29, 0.717) is 11.6 Å². The predicted octanol–water partition coefficient (Wildman–Crippen LogP) is 4.44. The summed E-state index contributed by atoms with van der Waals surface area (Å²) in [6, 6.07) is 14.8. The molecule has 0 bridgehead atoms. The average Bonchev–Trinajstić information content (AvgIpc) is 3.34. The maximum atomic E-state index is 14.2. The molecule has 2 fully saturated rings. The van der Waals surface area contributed by atoms with Gasteiger partial charge in [0.2, 0.25) is 0 Å². The van der Waals surface area contributed by atoms with Crippen LogP contribution in [0.3, 0.4) is 0 Å². The fourth-order valence-corrected chi connectivity index (χ4v) is 3.50. The second-order valence-electron chi connectivity index (χ2n) is 5.68. The van der Waals surface area contributed by atoms with Crippen molar-refractivity contribution in [3.8, 4) is 0 Å². The summed E-state index contributed by atoms with van der Waals surface area (Å²) in [4.78, 5) is 0. The lowest BCUT2D eigenvalue weighted by Crippen LogP contribution is -2.28. The first-order valence-corrected chi connectivity index (χ1v) is 7.21. The van der Waals surface area contributed by atoms with Crippen LogP contribution in [0.5, 0.6) is 0 Å². The van der Waals surface area contributed by atoms with E-state index in [4.69, 9.17) is 16.3 Å². The van der Waals surface area contributed by atoms with Crippen LogP contribution in [-0.2, 0) is 15.8 Å². The maximum Gasteiger partial charge on any atom is 0.127 e. The standard InChI is InChI=1S/C17H14ClFO/c18-13-7-5-12(6-8-13)17(11-20-17)16(9-10-16)14-3-1-2-4-15(14)19/h1-8H,9-11H2. The molecular weight excluding hydrogens is 275 g/mol. The highest BCUT2D eigenvalue weighted by molar-refractivity contribution is 6.30. The molecule has 0 N–H and O–H groups in total. The normalized spacial score (nSPS) is 26.3. The minimum absolute atomic E-state index is 0.131. The molecule has 20 heavy (non-hydrogen) atoms. The van der Waals surface area contributed by atoms with Crippen molar-refractivity contribution < 1.29 is 9.13 Å². The molecule has 1 heterocycles. The molecule has 1 saturated heterocycles. The summed E-state index contributed by atoms with van der Waals surface area (Å²) >= 11 is 5.95. The zero-order valence-electron chi connectivity index (χ0n) is 10.9. The Kier molecular flexibility index (Phi) is 2.51. The van der Waals surface area contributed by atoms with E-state index in [9.17, 15) is 4.39 Å². The predicted molar refractivity (Wildman–Crippen MR) is 76.4 cm³/mol. The topological polar surface area (TPSA) is 12.5 Å². The monoisotopic (exact) mass is 288 g/mol. The van der Waals surface area contributed by atoms with Gasteiger partial charge in [0.15, 0.2) is 0 Å². The van der Waals surface area contributed by atoms with Gasteiger partial charge in [0, 0.05) is 10.4 Å². The van der Waals surface area contributed by atoms with Crippen LogP contribution < -0.4 is 0 Å². The van der Waals surface area contributed by atoms with Gasteiger partial charge < -0.3 is 4.74 Å². The van der Waals surface area contributed by atoms with E-state index in [2.05, 4.69) is 0 Å². The molecule has 1 aliphatic carbocycles. The molecule has 102 valence electrons. The lowest BCUT2D eigenvalue weighted by molar-refractivity contribution is 0.247. The van der Waals surface area contributed by atoms with E-state index >= 15 is 0 Å². The van der Waals surface area contributed by atoms with Gasteiger partial charge in [-0.25, -0.2) is 4.39 Å². The van der Waals surface area contributed by atoms with Crippen LogP contribution in [0.15, 0.2) is 48.5 Å². The zero-order valence-corrected chi connectivity index (χ0v) is 11.7. The Morgan fingerprint density at radius 3 is 2.20 bits per heavy atom. The molecule has 1 aliphatic heterocycles.